The Bertz CT molecular complexity index is 524. The average molecular weight is 248 g/mol. The first-order chi connectivity index (χ1) is 8.54. The molecule has 1 aliphatic heterocycles. The summed E-state index contributed by atoms with van der Waals surface area (Å²) in [5.41, 5.74) is 0.850. The van der Waals surface area contributed by atoms with Crippen LogP contribution >= 0.6 is 0 Å². The summed E-state index contributed by atoms with van der Waals surface area (Å²) >= 11 is 0. The first-order valence-corrected chi connectivity index (χ1v) is 5.73. The fraction of sp³-hybridized carbons (Fsp3) is 0.385. The van der Waals surface area contributed by atoms with Gasteiger partial charge in [0.25, 0.3) is 0 Å². The van der Waals surface area contributed by atoms with Gasteiger partial charge in [0.15, 0.2) is 0 Å². The first kappa shape index (κ1) is 12.4. The van der Waals surface area contributed by atoms with Crippen molar-refractivity contribution in [3.63, 3.8) is 0 Å². The Morgan fingerprint density at radius 3 is 2.89 bits per heavy atom. The van der Waals surface area contributed by atoms with E-state index in [1.807, 2.05) is 17.9 Å². The molecule has 2 rings (SSSR count). The van der Waals surface area contributed by atoms with Crippen LogP contribution in [0.3, 0.4) is 0 Å². The number of nitriles is 1. The minimum Gasteiger partial charge on any atom is -0.481 e. The summed E-state index contributed by atoms with van der Waals surface area (Å²) in [6.07, 6.45) is 0.540. The summed E-state index contributed by atoms with van der Waals surface area (Å²) in [4.78, 5) is 12.9. The van der Waals surface area contributed by atoms with Gasteiger partial charge < -0.3 is 10.0 Å². The number of carboxylic acid groups (broad SMARTS) is 1. The Kier molecular flexibility index (Phi) is 3.19. The molecule has 18 heavy (non-hydrogen) atoms. The molecule has 1 heterocycles. The quantitative estimate of drug-likeness (QED) is 0.869. The second kappa shape index (κ2) is 4.65. The zero-order valence-electron chi connectivity index (χ0n) is 9.93. The lowest BCUT2D eigenvalue weighted by Crippen LogP contribution is -2.33. The lowest BCUT2D eigenvalue weighted by atomic mass is 10.0. The maximum absolute atomic E-state index is 13.1. The molecular weight excluding hydrogens is 235 g/mol. The molecule has 0 amide bonds. The maximum atomic E-state index is 13.1. The molecule has 1 saturated heterocycles. The van der Waals surface area contributed by atoms with Crippen molar-refractivity contribution >= 4 is 11.7 Å². The number of nitrogens with zero attached hydrogens (tertiary/aromatic N) is 2. The lowest BCUT2D eigenvalue weighted by Gasteiger charge is -2.26. The molecule has 94 valence electrons. The number of halogens is 1. The third kappa shape index (κ3) is 2.02. The Balaban J connectivity index is 2.34. The van der Waals surface area contributed by atoms with Crippen molar-refractivity contribution in [1.82, 2.24) is 0 Å². The highest BCUT2D eigenvalue weighted by Gasteiger charge is 2.36. The molecule has 4 nitrogen and oxygen atoms in total. The van der Waals surface area contributed by atoms with Gasteiger partial charge >= 0.3 is 5.97 Å². The van der Waals surface area contributed by atoms with Crippen LogP contribution in [0.25, 0.3) is 0 Å². The van der Waals surface area contributed by atoms with Crippen LogP contribution in [-0.2, 0) is 4.79 Å². The Morgan fingerprint density at radius 2 is 2.33 bits per heavy atom. The molecule has 0 radical (unpaired) electrons. The van der Waals surface area contributed by atoms with Crippen molar-refractivity contribution in [3.8, 4) is 6.07 Å². The number of rotatable bonds is 2. The molecule has 5 heteroatoms. The molecule has 1 N–H and O–H groups in total. The van der Waals surface area contributed by atoms with Crippen LogP contribution in [0.4, 0.5) is 10.1 Å². The van der Waals surface area contributed by atoms with Crippen molar-refractivity contribution in [2.75, 3.05) is 11.4 Å². The summed E-state index contributed by atoms with van der Waals surface area (Å²) in [5.74, 6) is -1.73. The number of aliphatic carboxylic acids is 1. The molecule has 0 bridgehead atoms. The van der Waals surface area contributed by atoms with Gasteiger partial charge in [0.05, 0.1) is 17.2 Å². The second-order valence-electron chi connectivity index (χ2n) is 4.44. The van der Waals surface area contributed by atoms with Gasteiger partial charge in [0.1, 0.15) is 11.9 Å². The van der Waals surface area contributed by atoms with Gasteiger partial charge in [-0.05, 0) is 31.5 Å². The summed E-state index contributed by atoms with van der Waals surface area (Å²) in [6, 6.07) is 5.76. The van der Waals surface area contributed by atoms with Crippen molar-refractivity contribution in [3.05, 3.63) is 29.6 Å². The maximum Gasteiger partial charge on any atom is 0.308 e. The number of hydrogen-bond donors (Lipinski definition) is 1. The van der Waals surface area contributed by atoms with E-state index in [1.54, 1.807) is 0 Å². The third-order valence-electron chi connectivity index (χ3n) is 3.46. The largest absolute Gasteiger partial charge is 0.481 e. The fourth-order valence-electron chi connectivity index (χ4n) is 2.46. The van der Waals surface area contributed by atoms with E-state index in [4.69, 9.17) is 10.4 Å². The predicted molar refractivity (Wildman–Crippen MR) is 63.7 cm³/mol. The highest BCUT2D eigenvalue weighted by atomic mass is 19.1. The average Bonchev–Trinajstić information content (AvgIpc) is 2.71. The SMILES string of the molecule is CC1C(C(=O)O)CCN1c1ccc(F)cc1C#N. The van der Waals surface area contributed by atoms with Crippen molar-refractivity contribution in [2.45, 2.75) is 19.4 Å². The highest BCUT2D eigenvalue weighted by molar-refractivity contribution is 5.73. The van der Waals surface area contributed by atoms with Gasteiger partial charge in [-0.25, -0.2) is 4.39 Å². The standard InChI is InChI=1S/C13H13FN2O2/c1-8-11(13(17)18)4-5-16(8)12-3-2-10(14)6-9(12)7-15/h2-3,6,8,11H,4-5H2,1H3,(H,17,18). The molecule has 2 unspecified atom stereocenters. The van der Waals surface area contributed by atoms with E-state index in [0.29, 0.717) is 18.7 Å². The van der Waals surface area contributed by atoms with Crippen LogP contribution in [0, 0.1) is 23.1 Å². The second-order valence-corrected chi connectivity index (χ2v) is 4.44. The lowest BCUT2D eigenvalue weighted by molar-refractivity contribution is -0.141. The predicted octanol–water partition coefficient (Wildman–Crippen LogP) is 2.00. The topological polar surface area (TPSA) is 64.3 Å². The van der Waals surface area contributed by atoms with E-state index in [9.17, 15) is 9.18 Å². The summed E-state index contributed by atoms with van der Waals surface area (Å²) in [6.45, 7) is 2.38. The molecule has 0 spiro atoms. The molecule has 0 aliphatic carbocycles. The van der Waals surface area contributed by atoms with Gasteiger partial charge in [0.2, 0.25) is 0 Å². The fourth-order valence-corrected chi connectivity index (χ4v) is 2.46. The van der Waals surface area contributed by atoms with E-state index in [2.05, 4.69) is 0 Å². The van der Waals surface area contributed by atoms with Crippen molar-refractivity contribution < 1.29 is 14.3 Å². The Labute approximate surface area is 104 Å². The zero-order valence-corrected chi connectivity index (χ0v) is 9.93. The normalized spacial score (nSPS) is 22.8. The molecule has 1 aliphatic rings. The molecule has 2 atom stereocenters. The smallest absolute Gasteiger partial charge is 0.308 e. The molecular formula is C13H13FN2O2. The molecule has 1 aromatic carbocycles. The van der Waals surface area contributed by atoms with E-state index in [-0.39, 0.29) is 11.6 Å². The van der Waals surface area contributed by atoms with E-state index in [0.717, 1.165) is 0 Å². The Morgan fingerprint density at radius 1 is 1.61 bits per heavy atom. The first-order valence-electron chi connectivity index (χ1n) is 5.73. The third-order valence-corrected chi connectivity index (χ3v) is 3.46. The zero-order chi connectivity index (χ0) is 13.3. The van der Waals surface area contributed by atoms with Crippen LogP contribution in [0.15, 0.2) is 18.2 Å². The number of carboxylic acids is 1. The number of benzene rings is 1. The van der Waals surface area contributed by atoms with Crippen molar-refractivity contribution in [1.29, 1.82) is 5.26 Å². The molecule has 1 aromatic rings. The number of hydrogen-bond acceptors (Lipinski definition) is 3. The number of carbonyl (C=O) groups is 1. The Hall–Kier alpha value is -2.09. The van der Waals surface area contributed by atoms with Gasteiger partial charge in [-0.2, -0.15) is 5.26 Å². The monoisotopic (exact) mass is 248 g/mol. The summed E-state index contributed by atoms with van der Waals surface area (Å²) < 4.78 is 13.1. The molecule has 0 saturated carbocycles. The van der Waals surface area contributed by atoms with E-state index >= 15 is 0 Å². The van der Waals surface area contributed by atoms with Gasteiger partial charge in [0, 0.05) is 12.6 Å². The minimum absolute atomic E-state index is 0.194. The van der Waals surface area contributed by atoms with Crippen LogP contribution in [0.5, 0.6) is 0 Å². The van der Waals surface area contributed by atoms with Gasteiger partial charge in [-0.15, -0.1) is 0 Å². The summed E-state index contributed by atoms with van der Waals surface area (Å²) in [7, 11) is 0. The van der Waals surface area contributed by atoms with E-state index in [1.165, 1.54) is 18.2 Å². The molecule has 0 aromatic heterocycles. The van der Waals surface area contributed by atoms with Crippen LogP contribution < -0.4 is 4.90 Å². The van der Waals surface area contributed by atoms with Gasteiger partial charge in [-0.3, -0.25) is 4.79 Å². The van der Waals surface area contributed by atoms with Crippen molar-refractivity contribution in [2.24, 2.45) is 5.92 Å². The summed E-state index contributed by atoms with van der Waals surface area (Å²) in [5, 5.41) is 18.1. The van der Waals surface area contributed by atoms with E-state index < -0.39 is 17.7 Å². The van der Waals surface area contributed by atoms with Crippen LogP contribution in [-0.4, -0.2) is 23.7 Å². The highest BCUT2D eigenvalue weighted by Crippen LogP contribution is 2.32. The molecule has 1 fully saturated rings. The minimum atomic E-state index is -0.828. The van der Waals surface area contributed by atoms with Gasteiger partial charge in [-0.1, -0.05) is 0 Å². The van der Waals surface area contributed by atoms with Crippen LogP contribution in [0.1, 0.15) is 18.9 Å². The van der Waals surface area contributed by atoms with Crippen LogP contribution in [0.2, 0.25) is 0 Å². The number of anilines is 1.